The monoisotopic (exact) mass is 214 g/mol. The summed E-state index contributed by atoms with van der Waals surface area (Å²) in [6.07, 6.45) is 0.736. The number of anilines is 1. The van der Waals surface area contributed by atoms with E-state index in [0.717, 1.165) is 17.0 Å². The molecule has 1 N–H and O–H groups in total. The Morgan fingerprint density at radius 2 is 2.54 bits per heavy atom. The zero-order chi connectivity index (χ0) is 9.26. The van der Waals surface area contributed by atoms with Gasteiger partial charge >= 0.3 is 0 Å². The van der Waals surface area contributed by atoms with Crippen LogP contribution in [0.25, 0.3) is 0 Å². The third-order valence-corrected chi connectivity index (χ3v) is 3.11. The van der Waals surface area contributed by atoms with Crippen LogP contribution in [-0.4, -0.2) is 22.5 Å². The van der Waals surface area contributed by atoms with Gasteiger partial charge in [0.15, 0.2) is 6.29 Å². The van der Waals surface area contributed by atoms with E-state index in [0.29, 0.717) is 12.2 Å². The molecule has 0 amide bonds. The molecule has 13 heavy (non-hydrogen) atoms. The number of halogens is 1. The predicted molar refractivity (Wildman–Crippen MR) is 53.6 cm³/mol. The second kappa shape index (κ2) is 3.55. The van der Waals surface area contributed by atoms with Crippen LogP contribution < -0.4 is 5.32 Å². The number of carbonyl (C=O) groups is 1. The highest BCUT2D eigenvalue weighted by atomic mass is 35.5. The number of nitrogens with zero attached hydrogens (tertiary/aromatic N) is 1. The smallest absolute Gasteiger partial charge is 0.168 e. The molecule has 0 saturated heterocycles. The molecule has 1 aromatic heterocycles. The number of hydrogen-bond donors (Lipinski definition) is 1. The van der Waals surface area contributed by atoms with E-state index in [4.69, 9.17) is 11.6 Å². The lowest BCUT2D eigenvalue weighted by Gasteiger charge is -2.20. The zero-order valence-corrected chi connectivity index (χ0v) is 8.23. The molecule has 1 aliphatic heterocycles. The first-order valence-electron chi connectivity index (χ1n) is 3.80. The fourth-order valence-corrected chi connectivity index (χ4v) is 2.29. The maximum atomic E-state index is 10.4. The van der Waals surface area contributed by atoms with E-state index in [-0.39, 0.29) is 4.71 Å². The molecule has 68 valence electrons. The molecule has 1 atom stereocenters. The topological polar surface area (TPSA) is 42.0 Å². The van der Waals surface area contributed by atoms with Crippen molar-refractivity contribution in [2.75, 3.05) is 11.9 Å². The molecule has 0 spiro atoms. The van der Waals surface area contributed by atoms with E-state index in [1.54, 1.807) is 17.8 Å². The van der Waals surface area contributed by atoms with E-state index in [1.165, 1.54) is 0 Å². The average molecular weight is 215 g/mol. The molecular weight excluding hydrogens is 208 g/mol. The Labute approximate surface area is 84.9 Å². The fourth-order valence-electron chi connectivity index (χ4n) is 1.11. The number of carbonyl (C=O) groups excluding carboxylic acids is 1. The van der Waals surface area contributed by atoms with Crippen LogP contribution >= 0.6 is 23.4 Å². The minimum Gasteiger partial charge on any atom is -0.367 e. The van der Waals surface area contributed by atoms with Crippen LogP contribution in [0.5, 0.6) is 0 Å². The van der Waals surface area contributed by atoms with Crippen LogP contribution in [-0.2, 0) is 0 Å². The summed E-state index contributed by atoms with van der Waals surface area (Å²) in [7, 11) is 0. The second-order valence-electron chi connectivity index (χ2n) is 2.61. The van der Waals surface area contributed by atoms with E-state index in [2.05, 4.69) is 10.3 Å². The molecule has 5 heteroatoms. The molecule has 0 saturated carbocycles. The number of hydrogen-bond acceptors (Lipinski definition) is 4. The third-order valence-electron chi connectivity index (χ3n) is 1.69. The van der Waals surface area contributed by atoms with Crippen molar-refractivity contribution in [3.63, 3.8) is 0 Å². The fraction of sp³-hybridized carbons (Fsp3) is 0.250. The number of pyridine rings is 1. The molecular formula is C8H7ClN2OS. The Morgan fingerprint density at radius 1 is 1.69 bits per heavy atom. The zero-order valence-electron chi connectivity index (χ0n) is 6.66. The number of alkyl halides is 1. The summed E-state index contributed by atoms with van der Waals surface area (Å²) >= 11 is 7.48. The normalized spacial score (nSPS) is 20.2. The van der Waals surface area contributed by atoms with Gasteiger partial charge in [0.25, 0.3) is 0 Å². The molecule has 1 aliphatic rings. The molecule has 3 nitrogen and oxygen atoms in total. The van der Waals surface area contributed by atoms with Gasteiger partial charge in [0, 0.05) is 6.54 Å². The summed E-state index contributed by atoms with van der Waals surface area (Å²) in [4.78, 5) is 15.5. The van der Waals surface area contributed by atoms with Crippen LogP contribution in [0, 0.1) is 0 Å². The van der Waals surface area contributed by atoms with Crippen molar-refractivity contribution in [1.29, 1.82) is 0 Å². The van der Waals surface area contributed by atoms with Gasteiger partial charge in [-0.25, -0.2) is 4.98 Å². The third kappa shape index (κ3) is 1.78. The number of aromatic nitrogens is 1. The van der Waals surface area contributed by atoms with Crippen molar-refractivity contribution in [2.45, 2.75) is 9.60 Å². The largest absolute Gasteiger partial charge is 0.367 e. The lowest BCUT2D eigenvalue weighted by atomic mass is 10.3. The summed E-state index contributed by atoms with van der Waals surface area (Å²) in [6, 6.07) is 3.55. The van der Waals surface area contributed by atoms with Gasteiger partial charge in [-0.05, 0) is 12.1 Å². The molecule has 1 aromatic rings. The van der Waals surface area contributed by atoms with Crippen molar-refractivity contribution >= 4 is 35.5 Å². The Balaban J connectivity index is 2.36. The molecule has 1 unspecified atom stereocenters. The van der Waals surface area contributed by atoms with E-state index >= 15 is 0 Å². The van der Waals surface area contributed by atoms with E-state index in [1.807, 2.05) is 6.07 Å². The minimum absolute atomic E-state index is 0.0383. The molecule has 0 aliphatic carbocycles. The van der Waals surface area contributed by atoms with Gasteiger partial charge in [-0.15, -0.1) is 23.4 Å². The molecule has 2 rings (SSSR count). The highest BCUT2D eigenvalue weighted by Crippen LogP contribution is 2.35. The number of fused-ring (bicyclic) bond motifs is 1. The van der Waals surface area contributed by atoms with Crippen LogP contribution in [0.15, 0.2) is 17.0 Å². The molecule has 0 fully saturated rings. The van der Waals surface area contributed by atoms with Crippen LogP contribution in [0.4, 0.5) is 5.82 Å². The summed E-state index contributed by atoms with van der Waals surface area (Å²) in [5.74, 6) is 0.756. The maximum absolute atomic E-state index is 10.4. The van der Waals surface area contributed by atoms with Crippen molar-refractivity contribution in [3.05, 3.63) is 17.8 Å². The molecule has 0 radical (unpaired) electrons. The molecule has 0 aromatic carbocycles. The van der Waals surface area contributed by atoms with Crippen molar-refractivity contribution < 1.29 is 4.79 Å². The van der Waals surface area contributed by atoms with Crippen molar-refractivity contribution in [2.24, 2.45) is 0 Å². The Morgan fingerprint density at radius 3 is 3.31 bits per heavy atom. The maximum Gasteiger partial charge on any atom is 0.168 e. The Bertz CT molecular complexity index is 345. The SMILES string of the molecule is O=Cc1ccc2c(n1)NCC(Cl)S2. The second-order valence-corrected chi connectivity index (χ2v) is 4.64. The lowest BCUT2D eigenvalue weighted by molar-refractivity contribution is 0.111. The quantitative estimate of drug-likeness (QED) is 0.574. The van der Waals surface area contributed by atoms with Gasteiger partial charge in [-0.3, -0.25) is 4.79 Å². The van der Waals surface area contributed by atoms with Crippen LogP contribution in [0.1, 0.15) is 10.5 Å². The van der Waals surface area contributed by atoms with Crippen LogP contribution in [0.3, 0.4) is 0 Å². The summed E-state index contributed by atoms with van der Waals surface area (Å²) < 4.78 is 0.0383. The summed E-state index contributed by atoms with van der Waals surface area (Å²) in [5.41, 5.74) is 0.444. The Kier molecular flexibility index (Phi) is 2.42. The molecule has 0 bridgehead atoms. The van der Waals surface area contributed by atoms with Crippen LogP contribution in [0.2, 0.25) is 0 Å². The van der Waals surface area contributed by atoms with Crippen molar-refractivity contribution in [1.82, 2.24) is 4.98 Å². The van der Waals surface area contributed by atoms with Gasteiger partial charge in [-0.1, -0.05) is 0 Å². The number of nitrogens with one attached hydrogen (secondary N) is 1. The van der Waals surface area contributed by atoms with E-state index < -0.39 is 0 Å². The number of aldehydes is 1. The van der Waals surface area contributed by atoms with Gasteiger partial charge in [-0.2, -0.15) is 0 Å². The number of rotatable bonds is 1. The minimum atomic E-state index is 0.0383. The summed E-state index contributed by atoms with van der Waals surface area (Å²) in [5, 5.41) is 3.06. The van der Waals surface area contributed by atoms with Gasteiger partial charge in [0.2, 0.25) is 0 Å². The van der Waals surface area contributed by atoms with Gasteiger partial charge in [0.1, 0.15) is 16.2 Å². The lowest BCUT2D eigenvalue weighted by Crippen LogP contribution is -2.17. The Hall–Kier alpha value is -0.740. The average Bonchev–Trinajstić information content (AvgIpc) is 2.17. The van der Waals surface area contributed by atoms with Crippen molar-refractivity contribution in [3.8, 4) is 0 Å². The first-order valence-corrected chi connectivity index (χ1v) is 5.12. The highest BCUT2D eigenvalue weighted by molar-refractivity contribution is 8.01. The van der Waals surface area contributed by atoms with E-state index in [9.17, 15) is 4.79 Å². The predicted octanol–water partition coefficient (Wildman–Crippen LogP) is 1.98. The first-order chi connectivity index (χ1) is 6.29. The number of thioether (sulfide) groups is 1. The highest BCUT2D eigenvalue weighted by Gasteiger charge is 2.17. The van der Waals surface area contributed by atoms with Gasteiger partial charge in [0.05, 0.1) is 4.90 Å². The summed E-state index contributed by atoms with van der Waals surface area (Å²) in [6.45, 7) is 0.675. The first kappa shape index (κ1) is 8.84. The molecule has 2 heterocycles. The standard InChI is InChI=1S/C8H7ClN2OS/c9-7-3-10-8-6(13-7)2-1-5(4-12)11-8/h1-2,4,7H,3H2,(H,10,11). The van der Waals surface area contributed by atoms with Gasteiger partial charge < -0.3 is 5.32 Å².